The Labute approximate surface area is 103 Å². The predicted octanol–water partition coefficient (Wildman–Crippen LogP) is -1.44. The van der Waals surface area contributed by atoms with E-state index in [9.17, 15) is 5.11 Å². The van der Waals surface area contributed by atoms with Crippen LogP contribution >= 0.6 is 0 Å². The zero-order chi connectivity index (χ0) is 12.8. The minimum atomic E-state index is 0.270. The van der Waals surface area contributed by atoms with E-state index in [1.54, 1.807) is 13.2 Å². The van der Waals surface area contributed by atoms with Gasteiger partial charge in [-0.15, -0.1) is 0 Å². The lowest BCUT2D eigenvalue weighted by molar-refractivity contribution is -0.937. The van der Waals surface area contributed by atoms with Crippen LogP contribution in [-0.2, 0) is 6.54 Å². The molecule has 0 amide bonds. The Morgan fingerprint density at radius 2 is 1.88 bits per heavy atom. The van der Waals surface area contributed by atoms with E-state index >= 15 is 0 Å². The fraction of sp³-hybridized carbons (Fsp3) is 0.538. The van der Waals surface area contributed by atoms with Crippen molar-refractivity contribution in [3.05, 3.63) is 23.8 Å². The number of benzene rings is 1. The lowest BCUT2D eigenvalue weighted by atomic mass is 10.1. The first-order valence-electron chi connectivity index (χ1n) is 5.99. The number of aromatic hydroxyl groups is 1. The van der Waals surface area contributed by atoms with Crippen LogP contribution in [0.5, 0.6) is 11.5 Å². The van der Waals surface area contributed by atoms with Crippen molar-refractivity contribution in [2.75, 3.05) is 41.3 Å². The summed E-state index contributed by atoms with van der Waals surface area (Å²) in [6.45, 7) is 3.02. The maximum Gasteiger partial charge on any atom is 0.166 e. The highest BCUT2D eigenvalue weighted by Gasteiger charge is 2.12. The number of likely N-dealkylation sites (N-methyl/N-ethyl adjacent to an activating group) is 2. The number of phenolic OH excluding ortho intramolecular Hbond substituents is 1. The topological polar surface area (TPSA) is 38.3 Å². The zero-order valence-corrected chi connectivity index (χ0v) is 11.2. The molecular formula is C13H24N2O2+2. The Hall–Kier alpha value is -1.26. The van der Waals surface area contributed by atoms with E-state index in [0.717, 1.165) is 25.2 Å². The molecule has 4 nitrogen and oxygen atoms in total. The van der Waals surface area contributed by atoms with Gasteiger partial charge in [0.1, 0.15) is 19.6 Å². The summed E-state index contributed by atoms with van der Waals surface area (Å²) in [5.41, 5.74) is 0.940. The summed E-state index contributed by atoms with van der Waals surface area (Å²) in [7, 11) is 8.01. The van der Waals surface area contributed by atoms with Crippen LogP contribution in [0.25, 0.3) is 0 Å². The lowest BCUT2D eigenvalue weighted by Crippen LogP contribution is -3.15. The molecule has 0 aliphatic carbocycles. The summed E-state index contributed by atoms with van der Waals surface area (Å²) in [5.74, 6) is 0.820. The molecule has 0 aliphatic rings. The first-order valence-corrected chi connectivity index (χ1v) is 5.99. The molecule has 1 unspecified atom stereocenters. The van der Waals surface area contributed by atoms with Crippen LogP contribution in [0.15, 0.2) is 18.2 Å². The molecule has 1 aromatic rings. The molecule has 0 saturated carbocycles. The van der Waals surface area contributed by atoms with Gasteiger partial charge in [-0.05, 0) is 12.1 Å². The number of nitrogens with one attached hydrogen (secondary N) is 2. The molecule has 0 aliphatic heterocycles. The number of hydrogen-bond donors (Lipinski definition) is 3. The Morgan fingerprint density at radius 1 is 1.18 bits per heavy atom. The van der Waals surface area contributed by atoms with E-state index < -0.39 is 0 Å². The Kier molecular flexibility index (Phi) is 5.25. The number of quaternary nitrogens is 2. The van der Waals surface area contributed by atoms with Gasteiger partial charge in [0.25, 0.3) is 0 Å². The molecule has 0 heterocycles. The molecule has 1 rings (SSSR count). The molecule has 0 aromatic heterocycles. The van der Waals surface area contributed by atoms with Crippen molar-refractivity contribution >= 4 is 0 Å². The summed E-state index contributed by atoms with van der Waals surface area (Å²) < 4.78 is 5.10. The monoisotopic (exact) mass is 240 g/mol. The summed E-state index contributed by atoms with van der Waals surface area (Å²) in [6.07, 6.45) is 0. The highest BCUT2D eigenvalue weighted by molar-refractivity contribution is 5.44. The van der Waals surface area contributed by atoms with Gasteiger partial charge in [-0.2, -0.15) is 0 Å². The van der Waals surface area contributed by atoms with Crippen LogP contribution in [0, 0.1) is 0 Å². The molecule has 96 valence electrons. The van der Waals surface area contributed by atoms with Gasteiger partial charge in [-0.3, -0.25) is 0 Å². The van der Waals surface area contributed by atoms with Crippen LogP contribution < -0.4 is 14.5 Å². The van der Waals surface area contributed by atoms with Crippen molar-refractivity contribution in [1.29, 1.82) is 0 Å². The number of phenols is 1. The second-order valence-electron chi connectivity index (χ2n) is 4.81. The lowest BCUT2D eigenvalue weighted by Gasteiger charge is -2.16. The van der Waals surface area contributed by atoms with Gasteiger partial charge < -0.3 is 19.6 Å². The highest BCUT2D eigenvalue weighted by atomic mass is 16.5. The minimum absolute atomic E-state index is 0.270. The second-order valence-corrected chi connectivity index (χ2v) is 4.81. The van der Waals surface area contributed by atoms with Crippen molar-refractivity contribution in [3.63, 3.8) is 0 Å². The number of rotatable bonds is 6. The van der Waals surface area contributed by atoms with Crippen LogP contribution in [0.4, 0.5) is 0 Å². The van der Waals surface area contributed by atoms with Crippen LogP contribution in [0.3, 0.4) is 0 Å². The fourth-order valence-electron chi connectivity index (χ4n) is 1.75. The number of hydrogen-bond acceptors (Lipinski definition) is 2. The van der Waals surface area contributed by atoms with Gasteiger partial charge >= 0.3 is 0 Å². The first-order chi connectivity index (χ1) is 8.04. The fourth-order valence-corrected chi connectivity index (χ4v) is 1.75. The Bertz CT molecular complexity index is 353. The number of methoxy groups -OCH3 is 1. The van der Waals surface area contributed by atoms with Gasteiger partial charge in [-0.1, -0.05) is 6.07 Å². The first kappa shape index (κ1) is 13.8. The van der Waals surface area contributed by atoms with Gasteiger partial charge in [0.05, 0.1) is 33.8 Å². The van der Waals surface area contributed by atoms with Crippen molar-refractivity contribution in [2.45, 2.75) is 6.54 Å². The molecule has 0 saturated heterocycles. The average Bonchev–Trinajstić information content (AvgIpc) is 2.29. The van der Waals surface area contributed by atoms with Gasteiger partial charge in [-0.25, -0.2) is 0 Å². The minimum Gasteiger partial charge on any atom is -0.504 e. The smallest absolute Gasteiger partial charge is 0.166 e. The van der Waals surface area contributed by atoms with Crippen LogP contribution in [0.1, 0.15) is 5.56 Å². The van der Waals surface area contributed by atoms with E-state index in [0.29, 0.717) is 5.75 Å². The summed E-state index contributed by atoms with van der Waals surface area (Å²) >= 11 is 0. The standard InChI is InChI=1S/C13H22N2O2/c1-14(2)8-9-15(3)10-11-6-5-7-12(17-4)13(11)16/h5-7,16H,8-10H2,1-4H3/p+2. The molecule has 3 N–H and O–H groups in total. The van der Waals surface area contributed by atoms with Gasteiger partial charge in [0.2, 0.25) is 0 Å². The van der Waals surface area contributed by atoms with Crippen molar-refractivity contribution < 1.29 is 19.6 Å². The molecule has 17 heavy (non-hydrogen) atoms. The third-order valence-electron chi connectivity index (χ3n) is 2.85. The summed E-state index contributed by atoms with van der Waals surface area (Å²) in [5, 5.41) is 9.97. The van der Waals surface area contributed by atoms with Gasteiger partial charge in [0.15, 0.2) is 11.5 Å². The third kappa shape index (κ3) is 4.24. The molecule has 0 spiro atoms. The van der Waals surface area contributed by atoms with E-state index in [2.05, 4.69) is 21.1 Å². The average molecular weight is 240 g/mol. The van der Waals surface area contributed by atoms with Crippen molar-refractivity contribution in [3.8, 4) is 11.5 Å². The molecule has 0 fully saturated rings. The van der Waals surface area contributed by atoms with Crippen molar-refractivity contribution in [1.82, 2.24) is 0 Å². The Balaban J connectivity index is 2.62. The maximum absolute atomic E-state index is 9.97. The maximum atomic E-state index is 9.97. The highest BCUT2D eigenvalue weighted by Crippen LogP contribution is 2.28. The summed E-state index contributed by atoms with van der Waals surface area (Å²) in [6, 6.07) is 5.64. The molecule has 0 bridgehead atoms. The summed E-state index contributed by atoms with van der Waals surface area (Å²) in [4.78, 5) is 2.83. The van der Waals surface area contributed by atoms with Crippen molar-refractivity contribution in [2.24, 2.45) is 0 Å². The van der Waals surface area contributed by atoms with E-state index in [1.807, 2.05) is 12.1 Å². The molecule has 0 radical (unpaired) electrons. The normalized spacial score (nSPS) is 12.8. The van der Waals surface area contributed by atoms with Crippen LogP contribution in [0.2, 0.25) is 0 Å². The molecule has 1 aromatic carbocycles. The third-order valence-corrected chi connectivity index (χ3v) is 2.85. The van der Waals surface area contributed by atoms with E-state index in [-0.39, 0.29) is 5.75 Å². The molecule has 1 atom stereocenters. The number of para-hydroxylation sites is 1. The van der Waals surface area contributed by atoms with Crippen LogP contribution in [-0.4, -0.2) is 46.4 Å². The number of ether oxygens (including phenoxy) is 1. The zero-order valence-electron chi connectivity index (χ0n) is 11.2. The quantitative estimate of drug-likeness (QED) is 0.570. The van der Waals surface area contributed by atoms with E-state index in [4.69, 9.17) is 4.74 Å². The molecule has 4 heteroatoms. The largest absolute Gasteiger partial charge is 0.504 e. The van der Waals surface area contributed by atoms with E-state index in [1.165, 1.54) is 9.80 Å². The van der Waals surface area contributed by atoms with Gasteiger partial charge in [0, 0.05) is 0 Å². The SMILES string of the molecule is COc1cccc(C[NH+](C)CC[NH+](C)C)c1O. The Morgan fingerprint density at radius 3 is 2.47 bits per heavy atom. The molecular weight excluding hydrogens is 216 g/mol. The second kappa shape index (κ2) is 6.47. The predicted molar refractivity (Wildman–Crippen MR) is 67.8 cm³/mol.